The Kier molecular flexibility index (Phi) is 5.20. The minimum Gasteiger partial charge on any atom is -0.399 e. The van der Waals surface area contributed by atoms with Crippen LogP contribution in [-0.2, 0) is 24.1 Å². The van der Waals surface area contributed by atoms with Crippen molar-refractivity contribution in [3.63, 3.8) is 0 Å². The lowest BCUT2D eigenvalue weighted by molar-refractivity contribution is -0.117. The number of benzene rings is 1. The number of fused-ring (bicyclic) bond motifs is 1. The maximum atomic E-state index is 13.5. The van der Waals surface area contributed by atoms with Gasteiger partial charge >= 0.3 is 7.12 Å². The van der Waals surface area contributed by atoms with Crippen molar-refractivity contribution in [2.45, 2.75) is 63.6 Å². The Labute approximate surface area is 199 Å². The van der Waals surface area contributed by atoms with E-state index in [1.807, 2.05) is 34.6 Å². The van der Waals surface area contributed by atoms with Gasteiger partial charge in [0.15, 0.2) is 5.65 Å². The first-order valence-corrected chi connectivity index (χ1v) is 12.8. The smallest absolute Gasteiger partial charge is 0.399 e. The highest BCUT2D eigenvalue weighted by Crippen LogP contribution is 2.37. The van der Waals surface area contributed by atoms with Crippen LogP contribution in [0.1, 0.15) is 46.1 Å². The molecule has 1 amide bonds. The van der Waals surface area contributed by atoms with E-state index in [2.05, 4.69) is 10.3 Å². The van der Waals surface area contributed by atoms with Gasteiger partial charge in [-0.15, -0.1) is 0 Å². The summed E-state index contributed by atoms with van der Waals surface area (Å²) in [6.07, 6.45) is 3.17. The molecule has 178 valence electrons. The third kappa shape index (κ3) is 3.83. The lowest BCUT2D eigenvalue weighted by Crippen LogP contribution is -2.41. The molecule has 0 spiro atoms. The molecule has 0 radical (unpaired) electrons. The molecule has 8 nitrogen and oxygen atoms in total. The Morgan fingerprint density at radius 2 is 1.71 bits per heavy atom. The van der Waals surface area contributed by atoms with Crippen molar-refractivity contribution in [2.75, 3.05) is 5.32 Å². The number of amides is 1. The summed E-state index contributed by atoms with van der Waals surface area (Å²) in [6.45, 7) is 9.71. The Morgan fingerprint density at radius 3 is 2.29 bits per heavy atom. The SMILES string of the molecule is Cc1ccc(S(=O)(=O)n2ccc3c(B4OC(C)(C)C(C)(C)O4)cc(NC(=O)C4CC4)nc32)cc1. The van der Waals surface area contributed by atoms with E-state index in [1.54, 1.807) is 36.4 Å². The molecule has 3 heterocycles. The molecule has 1 saturated carbocycles. The quantitative estimate of drug-likeness (QED) is 0.562. The molecule has 1 aliphatic carbocycles. The van der Waals surface area contributed by atoms with Gasteiger partial charge in [0.1, 0.15) is 5.82 Å². The molecule has 0 bridgehead atoms. The third-order valence-corrected chi connectivity index (χ3v) is 8.62. The standard InChI is InChI=1S/C24H28BN3O5S/c1-15-6-10-17(11-7-15)34(30,31)28-13-12-18-19(25-32-23(2,3)24(4,5)33-25)14-20(26-21(18)28)27-22(29)16-8-9-16/h6-7,10-14,16H,8-9H2,1-5H3,(H,26,27,29). The van der Waals surface area contributed by atoms with Crippen molar-refractivity contribution < 1.29 is 22.5 Å². The van der Waals surface area contributed by atoms with E-state index in [0.29, 0.717) is 10.8 Å². The number of nitrogens with one attached hydrogen (secondary N) is 1. The summed E-state index contributed by atoms with van der Waals surface area (Å²) in [6, 6.07) is 10.1. The Balaban J connectivity index is 1.65. The van der Waals surface area contributed by atoms with Crippen molar-refractivity contribution in [1.82, 2.24) is 8.96 Å². The van der Waals surface area contributed by atoms with Crippen molar-refractivity contribution in [2.24, 2.45) is 5.92 Å². The largest absolute Gasteiger partial charge is 0.495 e. The first kappa shape index (κ1) is 23.1. The molecule has 2 aliphatic rings. The van der Waals surface area contributed by atoms with E-state index in [-0.39, 0.29) is 28.2 Å². The van der Waals surface area contributed by atoms with Crippen LogP contribution in [0, 0.1) is 12.8 Å². The van der Waals surface area contributed by atoms with Gasteiger partial charge < -0.3 is 14.6 Å². The molecule has 5 rings (SSSR count). The average molecular weight is 481 g/mol. The van der Waals surface area contributed by atoms with Gasteiger partial charge in [-0.1, -0.05) is 17.7 Å². The summed E-state index contributed by atoms with van der Waals surface area (Å²) < 4.78 is 40.6. The maximum absolute atomic E-state index is 13.5. The number of rotatable bonds is 5. The van der Waals surface area contributed by atoms with Gasteiger partial charge in [-0.25, -0.2) is 17.4 Å². The van der Waals surface area contributed by atoms with Crippen LogP contribution in [0.25, 0.3) is 11.0 Å². The average Bonchev–Trinajstić information content (AvgIpc) is 3.47. The van der Waals surface area contributed by atoms with Crippen molar-refractivity contribution in [3.05, 3.63) is 48.2 Å². The van der Waals surface area contributed by atoms with E-state index >= 15 is 0 Å². The molecule has 2 aromatic heterocycles. The molecule has 1 aromatic carbocycles. The number of aryl methyl sites for hydroxylation is 1. The van der Waals surface area contributed by atoms with Gasteiger partial charge in [-0.3, -0.25) is 4.79 Å². The van der Waals surface area contributed by atoms with E-state index in [0.717, 1.165) is 22.4 Å². The topological polar surface area (TPSA) is 99.5 Å². The first-order chi connectivity index (χ1) is 15.9. The van der Waals surface area contributed by atoms with Gasteiger partial charge in [0.25, 0.3) is 10.0 Å². The summed E-state index contributed by atoms with van der Waals surface area (Å²) in [5, 5.41) is 3.43. The van der Waals surface area contributed by atoms with Gasteiger partial charge in [-0.05, 0) is 77.2 Å². The summed E-state index contributed by atoms with van der Waals surface area (Å²) in [5.74, 6) is 0.125. The molecule has 0 atom stereocenters. The molecular formula is C24H28BN3O5S. The lowest BCUT2D eigenvalue weighted by atomic mass is 9.77. The summed E-state index contributed by atoms with van der Waals surface area (Å²) in [5.41, 5.74) is 0.622. The summed E-state index contributed by atoms with van der Waals surface area (Å²) in [4.78, 5) is 17.2. The van der Waals surface area contributed by atoms with Crippen LogP contribution in [0.2, 0.25) is 0 Å². The van der Waals surface area contributed by atoms with E-state index in [9.17, 15) is 13.2 Å². The molecule has 0 unspecified atom stereocenters. The molecule has 1 aliphatic heterocycles. The number of hydrogen-bond acceptors (Lipinski definition) is 6. The minimum absolute atomic E-state index is 0.0270. The van der Waals surface area contributed by atoms with Crippen LogP contribution in [0.4, 0.5) is 5.82 Å². The maximum Gasteiger partial charge on any atom is 0.495 e. The highest BCUT2D eigenvalue weighted by atomic mass is 32.2. The zero-order chi connectivity index (χ0) is 24.5. The van der Waals surface area contributed by atoms with Crippen molar-refractivity contribution >= 4 is 45.4 Å². The normalized spacial score (nSPS) is 19.5. The first-order valence-electron chi connectivity index (χ1n) is 11.4. The Morgan fingerprint density at radius 1 is 1.09 bits per heavy atom. The van der Waals surface area contributed by atoms with Crippen LogP contribution in [0.5, 0.6) is 0 Å². The molecule has 1 saturated heterocycles. The molecule has 2 fully saturated rings. The van der Waals surface area contributed by atoms with Crippen molar-refractivity contribution in [1.29, 1.82) is 0 Å². The molecule has 34 heavy (non-hydrogen) atoms. The second kappa shape index (κ2) is 7.66. The highest BCUT2D eigenvalue weighted by Gasteiger charge is 2.52. The fourth-order valence-corrected chi connectivity index (χ4v) is 5.23. The van der Waals surface area contributed by atoms with Crippen LogP contribution >= 0.6 is 0 Å². The van der Waals surface area contributed by atoms with Crippen LogP contribution < -0.4 is 10.8 Å². The number of aromatic nitrogens is 2. The predicted molar refractivity (Wildman–Crippen MR) is 131 cm³/mol. The number of nitrogens with zero attached hydrogens (tertiary/aromatic N) is 2. The van der Waals surface area contributed by atoms with Gasteiger partial charge in [0, 0.05) is 17.5 Å². The highest BCUT2D eigenvalue weighted by molar-refractivity contribution is 7.90. The molecular weight excluding hydrogens is 453 g/mol. The summed E-state index contributed by atoms with van der Waals surface area (Å²) >= 11 is 0. The van der Waals surface area contributed by atoms with Crippen LogP contribution in [0.3, 0.4) is 0 Å². The zero-order valence-corrected chi connectivity index (χ0v) is 20.8. The monoisotopic (exact) mass is 481 g/mol. The summed E-state index contributed by atoms with van der Waals surface area (Å²) in [7, 11) is -4.66. The lowest BCUT2D eigenvalue weighted by Gasteiger charge is -2.32. The van der Waals surface area contributed by atoms with Gasteiger partial charge in [0.2, 0.25) is 5.91 Å². The predicted octanol–water partition coefficient (Wildman–Crippen LogP) is 3.23. The number of carbonyl (C=O) groups excluding carboxylic acids is 1. The van der Waals surface area contributed by atoms with Crippen LogP contribution in [-0.4, -0.2) is 41.6 Å². The van der Waals surface area contributed by atoms with E-state index < -0.39 is 28.3 Å². The van der Waals surface area contributed by atoms with Crippen LogP contribution in [0.15, 0.2) is 47.5 Å². The molecule has 3 aromatic rings. The number of hydrogen-bond donors (Lipinski definition) is 1. The zero-order valence-electron chi connectivity index (χ0n) is 20.0. The number of anilines is 1. The van der Waals surface area contributed by atoms with Crippen molar-refractivity contribution in [3.8, 4) is 0 Å². The second-order valence-corrected chi connectivity index (χ2v) is 11.9. The molecule has 1 N–H and O–H groups in total. The Bertz CT molecular complexity index is 1380. The van der Waals surface area contributed by atoms with E-state index in [4.69, 9.17) is 9.31 Å². The third-order valence-electron chi connectivity index (χ3n) is 6.94. The fraction of sp³-hybridized carbons (Fsp3) is 0.417. The number of pyridine rings is 1. The Hall–Kier alpha value is -2.69. The van der Waals surface area contributed by atoms with Gasteiger partial charge in [-0.2, -0.15) is 0 Å². The van der Waals surface area contributed by atoms with E-state index in [1.165, 1.54) is 6.20 Å². The second-order valence-electron chi connectivity index (χ2n) is 10.1. The molecule has 10 heteroatoms. The fourth-order valence-electron chi connectivity index (χ4n) is 3.93. The van der Waals surface area contributed by atoms with Gasteiger partial charge in [0.05, 0.1) is 16.1 Å². The number of carbonyl (C=O) groups is 1. The minimum atomic E-state index is -3.91.